The molecule has 0 saturated carbocycles. The summed E-state index contributed by atoms with van der Waals surface area (Å²) in [6, 6.07) is 20.0. The van der Waals surface area contributed by atoms with E-state index in [1.165, 1.54) is 24.3 Å². The molecule has 1 N–H and O–H groups in total. The molecular weight excluding hydrogens is 462 g/mol. The molecule has 1 heterocycles. The second-order valence-corrected chi connectivity index (χ2v) is 9.07. The van der Waals surface area contributed by atoms with Gasteiger partial charge < -0.3 is 19.5 Å². The molecule has 36 heavy (non-hydrogen) atoms. The molecule has 1 saturated heterocycles. The van der Waals surface area contributed by atoms with Gasteiger partial charge in [-0.3, -0.25) is 0 Å². The molecule has 0 spiro atoms. The van der Waals surface area contributed by atoms with Gasteiger partial charge in [0.25, 0.3) is 0 Å². The first-order valence-electron chi connectivity index (χ1n) is 12.1. The number of ether oxygens (including phenoxy) is 2. The summed E-state index contributed by atoms with van der Waals surface area (Å²) in [5.74, 6) is 0.455. The summed E-state index contributed by atoms with van der Waals surface area (Å²) in [5.41, 5.74) is 1.18. The van der Waals surface area contributed by atoms with E-state index in [0.717, 1.165) is 31.5 Å². The van der Waals surface area contributed by atoms with Gasteiger partial charge in [0.15, 0.2) is 11.5 Å². The molecule has 7 heteroatoms. The van der Waals surface area contributed by atoms with Gasteiger partial charge in [0.2, 0.25) is 0 Å². The number of nitriles is 1. The Morgan fingerprint density at radius 1 is 1.00 bits per heavy atom. The van der Waals surface area contributed by atoms with Gasteiger partial charge in [-0.05, 0) is 78.4 Å². The fourth-order valence-electron chi connectivity index (χ4n) is 5.07. The van der Waals surface area contributed by atoms with Crippen LogP contribution in [0.1, 0.15) is 29.5 Å². The van der Waals surface area contributed by atoms with Gasteiger partial charge in [0.05, 0.1) is 26.4 Å². The number of halogens is 2. The van der Waals surface area contributed by atoms with Crippen LogP contribution in [0.3, 0.4) is 0 Å². The van der Waals surface area contributed by atoms with E-state index in [9.17, 15) is 19.1 Å². The van der Waals surface area contributed by atoms with E-state index < -0.39 is 5.41 Å². The van der Waals surface area contributed by atoms with Crippen LogP contribution in [0.4, 0.5) is 8.78 Å². The van der Waals surface area contributed by atoms with E-state index in [1.807, 2.05) is 0 Å². The van der Waals surface area contributed by atoms with Crippen molar-refractivity contribution in [3.63, 3.8) is 0 Å². The number of likely N-dealkylation sites (tertiary alicyclic amines) is 1. The molecular formula is C29H30F2N2O3. The summed E-state index contributed by atoms with van der Waals surface area (Å²) in [6.07, 6.45) is 1.57. The number of hydrogen-bond donors (Lipinski definition) is 1. The summed E-state index contributed by atoms with van der Waals surface area (Å²) in [7, 11) is 1.57. The third kappa shape index (κ3) is 5.35. The van der Waals surface area contributed by atoms with Crippen LogP contribution in [-0.4, -0.2) is 43.4 Å². The lowest BCUT2D eigenvalue weighted by Gasteiger charge is -2.34. The van der Waals surface area contributed by atoms with E-state index in [0.29, 0.717) is 35.8 Å². The number of aliphatic hydroxyl groups is 1. The van der Waals surface area contributed by atoms with Crippen LogP contribution in [0.5, 0.6) is 11.5 Å². The third-order valence-corrected chi connectivity index (χ3v) is 6.95. The van der Waals surface area contributed by atoms with Gasteiger partial charge in [-0.2, -0.15) is 5.26 Å². The van der Waals surface area contributed by atoms with Crippen molar-refractivity contribution in [2.45, 2.75) is 24.9 Å². The minimum absolute atomic E-state index is 0.0366. The molecule has 0 radical (unpaired) electrons. The average Bonchev–Trinajstić information content (AvgIpc) is 3.38. The summed E-state index contributed by atoms with van der Waals surface area (Å²) in [5, 5.41) is 19.8. The Balaban J connectivity index is 1.44. The minimum Gasteiger partial charge on any atom is -0.493 e. The third-order valence-electron chi connectivity index (χ3n) is 6.95. The first kappa shape index (κ1) is 25.6. The number of nitrogens with zero attached hydrogens (tertiary/aromatic N) is 2. The number of methoxy groups -OCH3 is 1. The summed E-state index contributed by atoms with van der Waals surface area (Å²) in [6.45, 7) is 2.74. The Morgan fingerprint density at radius 3 is 2.19 bits per heavy atom. The van der Waals surface area contributed by atoms with Crippen molar-refractivity contribution in [1.29, 1.82) is 5.26 Å². The van der Waals surface area contributed by atoms with Crippen molar-refractivity contribution in [2.24, 2.45) is 5.92 Å². The molecule has 3 aromatic rings. The highest BCUT2D eigenvalue weighted by molar-refractivity contribution is 5.47. The molecule has 5 nitrogen and oxygen atoms in total. The second kappa shape index (κ2) is 11.5. The van der Waals surface area contributed by atoms with E-state index in [-0.39, 0.29) is 24.2 Å². The minimum atomic E-state index is -1.01. The second-order valence-electron chi connectivity index (χ2n) is 9.07. The Labute approximate surface area is 210 Å². The van der Waals surface area contributed by atoms with Crippen molar-refractivity contribution < 1.29 is 23.4 Å². The van der Waals surface area contributed by atoms with Crippen molar-refractivity contribution in [1.82, 2.24) is 4.90 Å². The first-order valence-corrected chi connectivity index (χ1v) is 12.1. The summed E-state index contributed by atoms with van der Waals surface area (Å²) >= 11 is 0. The van der Waals surface area contributed by atoms with Crippen LogP contribution < -0.4 is 9.47 Å². The van der Waals surface area contributed by atoms with Gasteiger partial charge >= 0.3 is 0 Å². The maximum Gasteiger partial charge on any atom is 0.161 e. The highest BCUT2D eigenvalue weighted by Crippen LogP contribution is 2.43. The molecule has 3 aromatic carbocycles. The van der Waals surface area contributed by atoms with Crippen LogP contribution in [0.25, 0.3) is 0 Å². The largest absolute Gasteiger partial charge is 0.493 e. The quantitative estimate of drug-likeness (QED) is 0.401. The molecule has 0 bridgehead atoms. The molecule has 1 aliphatic rings. The molecule has 0 aliphatic carbocycles. The van der Waals surface area contributed by atoms with Crippen molar-refractivity contribution >= 4 is 0 Å². The summed E-state index contributed by atoms with van der Waals surface area (Å²) < 4.78 is 38.6. The Kier molecular flexibility index (Phi) is 8.19. The lowest BCUT2D eigenvalue weighted by atomic mass is 9.66. The average molecular weight is 493 g/mol. The smallest absolute Gasteiger partial charge is 0.161 e. The first-order chi connectivity index (χ1) is 17.5. The Bertz CT molecular complexity index is 1150. The Morgan fingerprint density at radius 2 is 1.64 bits per heavy atom. The molecule has 0 amide bonds. The van der Waals surface area contributed by atoms with E-state index in [2.05, 4.69) is 11.0 Å². The molecule has 1 atom stereocenters. The van der Waals surface area contributed by atoms with Gasteiger partial charge in [0, 0.05) is 13.1 Å². The SMILES string of the molecule is COc1cc(CO)ccc1OCCCN1CCC(C(C#N)(c2ccc(F)cc2)c2ccc(F)cc2)C1. The molecule has 1 unspecified atom stereocenters. The monoisotopic (exact) mass is 492 g/mol. The van der Waals surface area contributed by atoms with Gasteiger partial charge in [-0.1, -0.05) is 30.3 Å². The van der Waals surface area contributed by atoms with Crippen molar-refractivity contribution in [3.05, 3.63) is 95.1 Å². The summed E-state index contributed by atoms with van der Waals surface area (Å²) in [4.78, 5) is 2.30. The fourth-order valence-corrected chi connectivity index (χ4v) is 5.07. The maximum absolute atomic E-state index is 13.7. The van der Waals surface area contributed by atoms with Gasteiger partial charge in [-0.25, -0.2) is 8.78 Å². The van der Waals surface area contributed by atoms with Gasteiger partial charge in [0.1, 0.15) is 17.0 Å². The van der Waals surface area contributed by atoms with Crippen molar-refractivity contribution in [2.75, 3.05) is 33.4 Å². The van der Waals surface area contributed by atoms with E-state index in [4.69, 9.17) is 9.47 Å². The van der Waals surface area contributed by atoms with Crippen LogP contribution in [0, 0.1) is 28.9 Å². The number of hydrogen-bond acceptors (Lipinski definition) is 5. The number of aliphatic hydroxyl groups excluding tert-OH is 1. The normalized spacial score (nSPS) is 16.0. The van der Waals surface area contributed by atoms with Crippen LogP contribution in [0.2, 0.25) is 0 Å². The van der Waals surface area contributed by atoms with Crippen LogP contribution >= 0.6 is 0 Å². The van der Waals surface area contributed by atoms with Crippen LogP contribution in [0.15, 0.2) is 66.7 Å². The van der Waals surface area contributed by atoms with E-state index in [1.54, 1.807) is 49.6 Å². The topological polar surface area (TPSA) is 65.7 Å². The molecule has 1 aliphatic heterocycles. The molecule has 188 valence electrons. The Hall–Kier alpha value is -3.47. The highest BCUT2D eigenvalue weighted by Gasteiger charge is 2.45. The van der Waals surface area contributed by atoms with Crippen molar-refractivity contribution in [3.8, 4) is 17.6 Å². The predicted molar refractivity (Wildman–Crippen MR) is 133 cm³/mol. The zero-order chi connectivity index (χ0) is 25.5. The number of benzene rings is 3. The fraction of sp³-hybridized carbons (Fsp3) is 0.345. The van der Waals surface area contributed by atoms with Crippen LogP contribution in [-0.2, 0) is 12.0 Å². The zero-order valence-electron chi connectivity index (χ0n) is 20.3. The van der Waals surface area contributed by atoms with E-state index >= 15 is 0 Å². The molecule has 4 rings (SSSR count). The highest BCUT2D eigenvalue weighted by atomic mass is 19.1. The van der Waals surface area contributed by atoms with Gasteiger partial charge in [-0.15, -0.1) is 0 Å². The lowest BCUT2D eigenvalue weighted by Crippen LogP contribution is -2.37. The molecule has 1 fully saturated rings. The lowest BCUT2D eigenvalue weighted by molar-refractivity contribution is 0.245. The zero-order valence-corrected chi connectivity index (χ0v) is 20.3. The number of rotatable bonds is 10. The predicted octanol–water partition coefficient (Wildman–Crippen LogP) is 5.07. The standard InChI is InChI=1S/C29H30F2N2O3/c1-35-28-17-21(19-34)3-12-27(28)36-16-2-14-33-15-13-24(18-33)29(20-32,22-4-8-25(30)9-5-22)23-6-10-26(31)11-7-23/h3-12,17,24,34H,2,13-16,18-19H2,1H3. The maximum atomic E-state index is 13.7. The molecule has 0 aromatic heterocycles.